The van der Waals surface area contributed by atoms with Gasteiger partial charge in [-0.3, -0.25) is 9.58 Å². The maximum Gasteiger partial charge on any atom is 0.0726 e. The number of likely N-dealkylation sites (tertiary alicyclic amines) is 1. The van der Waals surface area contributed by atoms with Gasteiger partial charge in [0.25, 0.3) is 0 Å². The molecular formula is C15H28N4. The monoisotopic (exact) mass is 264 g/mol. The first-order chi connectivity index (χ1) is 8.84. The Morgan fingerprint density at radius 1 is 1.47 bits per heavy atom. The lowest BCUT2D eigenvalue weighted by atomic mass is 9.87. The number of nitrogens with zero attached hydrogens (tertiary/aromatic N) is 3. The van der Waals surface area contributed by atoms with Gasteiger partial charge in [-0.05, 0) is 26.3 Å². The van der Waals surface area contributed by atoms with Crippen LogP contribution in [-0.4, -0.2) is 33.8 Å². The van der Waals surface area contributed by atoms with Crippen LogP contribution in [0.3, 0.4) is 0 Å². The topological polar surface area (TPSA) is 47.1 Å². The molecule has 0 bridgehead atoms. The second-order valence-corrected chi connectivity index (χ2v) is 6.84. The van der Waals surface area contributed by atoms with Crippen LogP contribution in [0.5, 0.6) is 0 Å². The molecule has 1 aliphatic rings. The molecule has 0 amide bonds. The predicted molar refractivity (Wildman–Crippen MR) is 79.1 cm³/mol. The molecule has 0 saturated carbocycles. The molecule has 4 heteroatoms. The Kier molecular flexibility index (Phi) is 4.02. The van der Waals surface area contributed by atoms with Crippen molar-refractivity contribution in [1.82, 2.24) is 14.7 Å². The van der Waals surface area contributed by atoms with E-state index in [0.29, 0.717) is 18.6 Å². The van der Waals surface area contributed by atoms with Gasteiger partial charge in [0.05, 0.1) is 11.7 Å². The summed E-state index contributed by atoms with van der Waals surface area (Å²) in [5, 5.41) is 4.68. The lowest BCUT2D eigenvalue weighted by Gasteiger charge is -2.32. The highest BCUT2D eigenvalue weighted by molar-refractivity contribution is 5.28. The van der Waals surface area contributed by atoms with Crippen LogP contribution in [0.15, 0.2) is 6.20 Å². The third-order valence-electron chi connectivity index (χ3n) is 4.15. The second kappa shape index (κ2) is 5.25. The third-order valence-corrected chi connectivity index (χ3v) is 4.15. The molecule has 0 spiro atoms. The van der Waals surface area contributed by atoms with Gasteiger partial charge in [-0.2, -0.15) is 5.10 Å². The van der Waals surface area contributed by atoms with Crippen LogP contribution in [0, 0.1) is 0 Å². The Morgan fingerprint density at radius 3 is 2.63 bits per heavy atom. The molecule has 1 saturated heterocycles. The Balaban J connectivity index is 2.38. The standard InChI is InChI=1S/C15H28N4/c1-11-7-6-8-19(11)13(9-16)12-10-18(5)17-14(12)15(2,3)4/h10-11,13H,6-9,16H2,1-5H3. The van der Waals surface area contributed by atoms with Crippen LogP contribution in [0.1, 0.15) is 57.8 Å². The SMILES string of the molecule is CC1CCCN1C(CN)c1cn(C)nc1C(C)(C)C. The third kappa shape index (κ3) is 2.84. The Bertz CT molecular complexity index is 430. The molecule has 108 valence electrons. The van der Waals surface area contributed by atoms with Crippen molar-refractivity contribution in [3.05, 3.63) is 17.5 Å². The molecule has 1 fully saturated rings. The fourth-order valence-corrected chi connectivity index (χ4v) is 3.19. The van der Waals surface area contributed by atoms with Crippen molar-refractivity contribution in [2.75, 3.05) is 13.1 Å². The largest absolute Gasteiger partial charge is 0.329 e. The number of rotatable bonds is 3. The summed E-state index contributed by atoms with van der Waals surface area (Å²) < 4.78 is 1.93. The van der Waals surface area contributed by atoms with Gasteiger partial charge in [-0.1, -0.05) is 20.8 Å². The number of aromatic nitrogens is 2. The maximum atomic E-state index is 6.09. The summed E-state index contributed by atoms with van der Waals surface area (Å²) in [6.07, 6.45) is 4.72. The molecule has 0 radical (unpaired) electrons. The molecule has 2 atom stereocenters. The number of nitrogens with two attached hydrogens (primary N) is 1. The van der Waals surface area contributed by atoms with Crippen LogP contribution in [0.2, 0.25) is 0 Å². The predicted octanol–water partition coefficient (Wildman–Crippen LogP) is 2.20. The summed E-state index contributed by atoms with van der Waals surface area (Å²) in [7, 11) is 2.00. The smallest absolute Gasteiger partial charge is 0.0726 e. The zero-order valence-corrected chi connectivity index (χ0v) is 13.0. The van der Waals surface area contributed by atoms with Crippen molar-refractivity contribution < 1.29 is 0 Å². The Labute approximate surface area is 117 Å². The van der Waals surface area contributed by atoms with Gasteiger partial charge in [0.15, 0.2) is 0 Å². The summed E-state index contributed by atoms with van der Waals surface area (Å²) >= 11 is 0. The minimum Gasteiger partial charge on any atom is -0.329 e. The lowest BCUT2D eigenvalue weighted by Crippen LogP contribution is -2.37. The summed E-state index contributed by atoms with van der Waals surface area (Å²) in [5.74, 6) is 0. The molecule has 2 rings (SSSR count). The van der Waals surface area contributed by atoms with Gasteiger partial charge in [0.1, 0.15) is 0 Å². The fraction of sp³-hybridized carbons (Fsp3) is 0.800. The normalized spacial score (nSPS) is 22.9. The first-order valence-corrected chi connectivity index (χ1v) is 7.34. The van der Waals surface area contributed by atoms with Crippen molar-refractivity contribution in [3.8, 4) is 0 Å². The van der Waals surface area contributed by atoms with Crippen molar-refractivity contribution in [3.63, 3.8) is 0 Å². The average molecular weight is 264 g/mol. The summed E-state index contributed by atoms with van der Waals surface area (Å²) in [6.45, 7) is 10.8. The summed E-state index contributed by atoms with van der Waals surface area (Å²) in [5.41, 5.74) is 8.65. The van der Waals surface area contributed by atoms with Gasteiger partial charge in [-0.15, -0.1) is 0 Å². The zero-order chi connectivity index (χ0) is 14.2. The first-order valence-electron chi connectivity index (χ1n) is 7.34. The molecule has 19 heavy (non-hydrogen) atoms. The van der Waals surface area contributed by atoms with E-state index in [2.05, 4.69) is 43.9 Å². The van der Waals surface area contributed by atoms with E-state index in [4.69, 9.17) is 5.73 Å². The molecule has 2 heterocycles. The number of hydrogen-bond donors (Lipinski definition) is 1. The van der Waals surface area contributed by atoms with Crippen LogP contribution in [0.25, 0.3) is 0 Å². The highest BCUT2D eigenvalue weighted by Gasteiger charge is 2.33. The van der Waals surface area contributed by atoms with E-state index >= 15 is 0 Å². The van der Waals surface area contributed by atoms with Gasteiger partial charge in [0.2, 0.25) is 0 Å². The Morgan fingerprint density at radius 2 is 2.16 bits per heavy atom. The summed E-state index contributed by atoms with van der Waals surface area (Å²) in [4.78, 5) is 2.55. The van der Waals surface area contributed by atoms with Crippen molar-refractivity contribution >= 4 is 0 Å². The molecular weight excluding hydrogens is 236 g/mol. The van der Waals surface area contributed by atoms with Gasteiger partial charge in [0, 0.05) is 36.8 Å². The molecule has 2 unspecified atom stereocenters. The van der Waals surface area contributed by atoms with E-state index < -0.39 is 0 Å². The van der Waals surface area contributed by atoms with Gasteiger partial charge >= 0.3 is 0 Å². The van der Waals surface area contributed by atoms with Crippen molar-refractivity contribution in [2.24, 2.45) is 12.8 Å². The van der Waals surface area contributed by atoms with Crippen molar-refractivity contribution in [2.45, 2.75) is 58.0 Å². The van der Waals surface area contributed by atoms with E-state index in [1.54, 1.807) is 0 Å². The van der Waals surface area contributed by atoms with E-state index in [-0.39, 0.29) is 5.41 Å². The Hall–Kier alpha value is -0.870. The van der Waals surface area contributed by atoms with E-state index in [9.17, 15) is 0 Å². The van der Waals surface area contributed by atoms with Crippen LogP contribution >= 0.6 is 0 Å². The van der Waals surface area contributed by atoms with E-state index in [1.807, 2.05) is 11.7 Å². The molecule has 1 aromatic heterocycles. The van der Waals surface area contributed by atoms with Crippen LogP contribution in [0.4, 0.5) is 0 Å². The van der Waals surface area contributed by atoms with E-state index in [0.717, 1.165) is 6.54 Å². The van der Waals surface area contributed by atoms with E-state index in [1.165, 1.54) is 24.1 Å². The zero-order valence-electron chi connectivity index (χ0n) is 13.0. The van der Waals surface area contributed by atoms with Crippen LogP contribution < -0.4 is 5.73 Å². The minimum atomic E-state index is 0.0625. The van der Waals surface area contributed by atoms with Crippen molar-refractivity contribution in [1.29, 1.82) is 0 Å². The second-order valence-electron chi connectivity index (χ2n) is 6.84. The molecule has 0 aromatic carbocycles. The van der Waals surface area contributed by atoms with Gasteiger partial charge < -0.3 is 5.73 Å². The number of hydrogen-bond acceptors (Lipinski definition) is 3. The average Bonchev–Trinajstić information content (AvgIpc) is 2.87. The molecule has 2 N–H and O–H groups in total. The quantitative estimate of drug-likeness (QED) is 0.910. The first kappa shape index (κ1) is 14.5. The lowest BCUT2D eigenvalue weighted by molar-refractivity contribution is 0.193. The highest BCUT2D eigenvalue weighted by atomic mass is 15.3. The summed E-state index contributed by atoms with van der Waals surface area (Å²) in [6, 6.07) is 0.932. The molecule has 1 aromatic rings. The van der Waals surface area contributed by atoms with Crippen LogP contribution in [-0.2, 0) is 12.5 Å². The van der Waals surface area contributed by atoms with Gasteiger partial charge in [-0.25, -0.2) is 0 Å². The highest BCUT2D eigenvalue weighted by Crippen LogP contribution is 2.34. The maximum absolute atomic E-state index is 6.09. The molecule has 4 nitrogen and oxygen atoms in total. The fourth-order valence-electron chi connectivity index (χ4n) is 3.19. The molecule has 0 aliphatic carbocycles. The number of aryl methyl sites for hydroxylation is 1. The minimum absolute atomic E-state index is 0.0625. The molecule has 1 aliphatic heterocycles.